The van der Waals surface area contributed by atoms with E-state index in [-0.39, 0.29) is 16.7 Å². The van der Waals surface area contributed by atoms with E-state index >= 15 is 0 Å². The minimum atomic E-state index is -0.385. The summed E-state index contributed by atoms with van der Waals surface area (Å²) in [5.74, 6) is 6.22. The topological polar surface area (TPSA) is 101 Å². The molecule has 1 aromatic heterocycles. The smallest absolute Gasteiger partial charge is 0.311 e. The van der Waals surface area contributed by atoms with Crippen molar-refractivity contribution >= 4 is 17.3 Å². The van der Waals surface area contributed by atoms with Crippen molar-refractivity contribution in [3.05, 3.63) is 22.2 Å². The second-order valence-electron chi connectivity index (χ2n) is 5.31. The van der Waals surface area contributed by atoms with Gasteiger partial charge in [0.25, 0.3) is 0 Å². The molecule has 1 fully saturated rings. The van der Waals surface area contributed by atoms with Crippen molar-refractivity contribution in [1.29, 1.82) is 0 Å². The van der Waals surface area contributed by atoms with Gasteiger partial charge in [0, 0.05) is 25.2 Å². The van der Waals surface area contributed by atoms with Gasteiger partial charge in [0.15, 0.2) is 0 Å². The van der Waals surface area contributed by atoms with Gasteiger partial charge >= 0.3 is 5.69 Å². The molecule has 0 saturated carbocycles. The number of hydrogen-bond donors (Lipinski definition) is 2. The minimum absolute atomic E-state index is 0.0250. The maximum atomic E-state index is 11.3. The molecule has 1 aliphatic heterocycles. The first-order valence-electron chi connectivity index (χ1n) is 7.14. The number of aromatic nitrogens is 1. The molecule has 21 heavy (non-hydrogen) atoms. The zero-order valence-corrected chi connectivity index (χ0v) is 12.5. The molecule has 0 amide bonds. The first-order chi connectivity index (χ1) is 10.1. The van der Waals surface area contributed by atoms with E-state index in [4.69, 9.17) is 5.84 Å². The van der Waals surface area contributed by atoms with E-state index in [2.05, 4.69) is 29.3 Å². The van der Waals surface area contributed by atoms with Gasteiger partial charge in [-0.2, -0.15) is 0 Å². The molecule has 3 N–H and O–H groups in total. The van der Waals surface area contributed by atoms with Crippen LogP contribution in [0.5, 0.6) is 0 Å². The fourth-order valence-electron chi connectivity index (χ4n) is 2.75. The zero-order chi connectivity index (χ0) is 15.4. The molecule has 0 aromatic carbocycles. The van der Waals surface area contributed by atoms with Gasteiger partial charge in [-0.05, 0) is 32.5 Å². The third kappa shape index (κ3) is 3.40. The molecule has 1 saturated heterocycles. The van der Waals surface area contributed by atoms with E-state index in [0.717, 1.165) is 32.5 Å². The van der Waals surface area contributed by atoms with E-state index in [1.54, 1.807) is 0 Å². The first-order valence-corrected chi connectivity index (χ1v) is 7.14. The van der Waals surface area contributed by atoms with Crippen molar-refractivity contribution in [2.24, 2.45) is 5.84 Å². The van der Waals surface area contributed by atoms with Gasteiger partial charge in [-0.25, -0.2) is 10.8 Å². The summed E-state index contributed by atoms with van der Waals surface area (Å²) >= 11 is 0. The SMILES string of the molecule is CCC1CN(C)CCCN1c1nc(NN)ccc1[N+](=O)[O-]. The van der Waals surface area contributed by atoms with Crippen LogP contribution in [0.4, 0.5) is 17.3 Å². The Bertz CT molecular complexity index is 509. The molecule has 0 bridgehead atoms. The molecule has 0 aliphatic carbocycles. The number of rotatable bonds is 4. The van der Waals surface area contributed by atoms with E-state index in [1.807, 2.05) is 4.90 Å². The molecule has 2 heterocycles. The van der Waals surface area contributed by atoms with Crippen molar-refractivity contribution in [1.82, 2.24) is 9.88 Å². The summed E-state index contributed by atoms with van der Waals surface area (Å²) in [5.41, 5.74) is 2.48. The molecule has 1 unspecified atom stereocenters. The molecule has 1 aliphatic rings. The van der Waals surface area contributed by atoms with Gasteiger partial charge in [-0.15, -0.1) is 0 Å². The van der Waals surface area contributed by atoms with Crippen LogP contribution in [0, 0.1) is 10.1 Å². The minimum Gasteiger partial charge on any atom is -0.347 e. The molecule has 2 rings (SSSR count). The van der Waals surface area contributed by atoms with Gasteiger partial charge in [-0.3, -0.25) is 10.1 Å². The number of nitrogens with zero attached hydrogens (tertiary/aromatic N) is 4. The predicted molar refractivity (Wildman–Crippen MR) is 82.2 cm³/mol. The summed E-state index contributed by atoms with van der Waals surface area (Å²) in [7, 11) is 2.08. The maximum Gasteiger partial charge on any atom is 0.311 e. The average molecular weight is 294 g/mol. The number of nitrogens with one attached hydrogen (secondary N) is 1. The lowest BCUT2D eigenvalue weighted by Crippen LogP contribution is -2.40. The highest BCUT2D eigenvalue weighted by atomic mass is 16.6. The molecule has 1 aromatic rings. The summed E-state index contributed by atoms with van der Waals surface area (Å²) in [6.45, 7) is 4.70. The monoisotopic (exact) mass is 294 g/mol. The van der Waals surface area contributed by atoms with Crippen LogP contribution in [-0.4, -0.2) is 47.5 Å². The molecule has 116 valence electrons. The number of pyridine rings is 1. The van der Waals surface area contributed by atoms with Crippen LogP contribution in [0.2, 0.25) is 0 Å². The molecule has 0 radical (unpaired) electrons. The molecule has 0 spiro atoms. The zero-order valence-electron chi connectivity index (χ0n) is 12.5. The molecular formula is C13H22N6O2. The Hall–Kier alpha value is -1.93. The Morgan fingerprint density at radius 2 is 2.29 bits per heavy atom. The Morgan fingerprint density at radius 3 is 2.90 bits per heavy atom. The number of likely N-dealkylation sites (N-methyl/N-ethyl adjacent to an activating group) is 1. The van der Waals surface area contributed by atoms with E-state index in [1.165, 1.54) is 12.1 Å². The lowest BCUT2D eigenvalue weighted by Gasteiger charge is -2.31. The van der Waals surface area contributed by atoms with E-state index < -0.39 is 0 Å². The average Bonchev–Trinajstić information content (AvgIpc) is 2.67. The fourth-order valence-corrected chi connectivity index (χ4v) is 2.75. The van der Waals surface area contributed by atoms with Crippen LogP contribution in [0.3, 0.4) is 0 Å². The Morgan fingerprint density at radius 1 is 1.52 bits per heavy atom. The molecule has 8 heteroatoms. The molecular weight excluding hydrogens is 272 g/mol. The Labute approximate surface area is 124 Å². The van der Waals surface area contributed by atoms with Crippen molar-refractivity contribution in [3.8, 4) is 0 Å². The summed E-state index contributed by atoms with van der Waals surface area (Å²) in [6, 6.07) is 3.18. The fraction of sp³-hybridized carbons (Fsp3) is 0.615. The van der Waals surface area contributed by atoms with Gasteiger partial charge in [0.1, 0.15) is 5.82 Å². The summed E-state index contributed by atoms with van der Waals surface area (Å²) in [4.78, 5) is 19.5. The van der Waals surface area contributed by atoms with E-state index in [9.17, 15) is 10.1 Å². The van der Waals surface area contributed by atoms with Crippen LogP contribution in [0.15, 0.2) is 12.1 Å². The summed E-state index contributed by atoms with van der Waals surface area (Å²) < 4.78 is 0. The lowest BCUT2D eigenvalue weighted by molar-refractivity contribution is -0.384. The van der Waals surface area contributed by atoms with Gasteiger partial charge < -0.3 is 15.2 Å². The maximum absolute atomic E-state index is 11.3. The van der Waals surface area contributed by atoms with Gasteiger partial charge in [0.2, 0.25) is 5.82 Å². The highest BCUT2D eigenvalue weighted by molar-refractivity contribution is 5.62. The van der Waals surface area contributed by atoms with Crippen LogP contribution < -0.4 is 16.2 Å². The van der Waals surface area contributed by atoms with Crippen molar-refractivity contribution < 1.29 is 4.92 Å². The van der Waals surface area contributed by atoms with Crippen LogP contribution in [-0.2, 0) is 0 Å². The quantitative estimate of drug-likeness (QED) is 0.489. The summed E-state index contributed by atoms with van der Waals surface area (Å²) in [6.07, 6.45) is 1.86. The Kier molecular flexibility index (Phi) is 4.92. The number of nitrogen functional groups attached to an aromatic ring is 1. The molecule has 8 nitrogen and oxygen atoms in total. The third-order valence-corrected chi connectivity index (χ3v) is 3.84. The number of nitro groups is 1. The van der Waals surface area contributed by atoms with Gasteiger partial charge in [-0.1, -0.05) is 6.92 Å². The van der Waals surface area contributed by atoms with Crippen LogP contribution in [0.1, 0.15) is 19.8 Å². The van der Waals surface area contributed by atoms with Crippen molar-refractivity contribution in [3.63, 3.8) is 0 Å². The predicted octanol–water partition coefficient (Wildman–Crippen LogP) is 1.20. The summed E-state index contributed by atoms with van der Waals surface area (Å²) in [5, 5.41) is 11.3. The van der Waals surface area contributed by atoms with Crippen LogP contribution in [0.25, 0.3) is 0 Å². The largest absolute Gasteiger partial charge is 0.347 e. The first kappa shape index (κ1) is 15.5. The second-order valence-corrected chi connectivity index (χ2v) is 5.31. The highest BCUT2D eigenvalue weighted by Crippen LogP contribution is 2.30. The molecule has 1 atom stereocenters. The number of anilines is 2. The van der Waals surface area contributed by atoms with Crippen molar-refractivity contribution in [2.45, 2.75) is 25.8 Å². The van der Waals surface area contributed by atoms with Gasteiger partial charge in [0.05, 0.1) is 4.92 Å². The third-order valence-electron chi connectivity index (χ3n) is 3.84. The van der Waals surface area contributed by atoms with Crippen molar-refractivity contribution in [2.75, 3.05) is 37.0 Å². The lowest BCUT2D eigenvalue weighted by atomic mass is 10.1. The second kappa shape index (κ2) is 6.68. The van der Waals surface area contributed by atoms with E-state index in [0.29, 0.717) is 11.6 Å². The Balaban J connectivity index is 2.43. The number of hydrogen-bond acceptors (Lipinski definition) is 7. The highest BCUT2D eigenvalue weighted by Gasteiger charge is 2.29. The number of nitrogens with two attached hydrogens (primary N) is 1. The number of hydrazine groups is 1. The normalized spacial score (nSPS) is 20.1. The standard InChI is InChI=1S/C13H22N6O2/c1-3-10-9-17(2)7-4-8-18(10)13-11(19(20)21)5-6-12(15-13)16-14/h5-6,10H,3-4,7-9,14H2,1-2H3,(H,15,16). The van der Waals surface area contributed by atoms with Crippen LogP contribution >= 0.6 is 0 Å².